The highest BCUT2D eigenvalue weighted by molar-refractivity contribution is 7.14. The molecule has 0 aliphatic rings. The van der Waals surface area contributed by atoms with E-state index in [-0.39, 0.29) is 24.3 Å². The van der Waals surface area contributed by atoms with E-state index in [1.165, 1.54) is 11.3 Å². The summed E-state index contributed by atoms with van der Waals surface area (Å²) in [6, 6.07) is 12.0. The Morgan fingerprint density at radius 1 is 1.19 bits per heavy atom. The van der Waals surface area contributed by atoms with Gasteiger partial charge in [0.15, 0.2) is 5.13 Å². The molecule has 2 aromatic heterocycles. The Morgan fingerprint density at radius 2 is 1.97 bits per heavy atom. The zero-order chi connectivity index (χ0) is 22.9. The minimum Gasteiger partial charge on any atom is -0.341 e. The summed E-state index contributed by atoms with van der Waals surface area (Å²) in [5.41, 5.74) is 2.97. The van der Waals surface area contributed by atoms with Crippen molar-refractivity contribution in [3.05, 3.63) is 59.7 Å². The molecule has 32 heavy (non-hydrogen) atoms. The lowest BCUT2D eigenvalue weighted by Crippen LogP contribution is -2.47. The van der Waals surface area contributed by atoms with Crippen molar-refractivity contribution < 1.29 is 9.59 Å². The first-order valence-electron chi connectivity index (χ1n) is 10.1. The second kappa shape index (κ2) is 11.0. The maximum Gasteiger partial charge on any atom is 0.251 e. The van der Waals surface area contributed by atoms with Crippen LogP contribution in [0.2, 0.25) is 0 Å². The average molecular weight is 449 g/mol. The van der Waals surface area contributed by atoms with Crippen molar-refractivity contribution in [3.63, 3.8) is 0 Å². The van der Waals surface area contributed by atoms with E-state index in [1.807, 2.05) is 49.6 Å². The monoisotopic (exact) mass is 448 g/mol. The van der Waals surface area contributed by atoms with E-state index in [4.69, 9.17) is 5.26 Å². The van der Waals surface area contributed by atoms with E-state index in [9.17, 15) is 9.59 Å². The maximum atomic E-state index is 12.7. The van der Waals surface area contributed by atoms with Gasteiger partial charge in [0.05, 0.1) is 23.6 Å². The van der Waals surface area contributed by atoms with E-state index in [2.05, 4.69) is 25.9 Å². The summed E-state index contributed by atoms with van der Waals surface area (Å²) in [5.74, 6) is -0.498. The Balaban J connectivity index is 1.66. The fraction of sp³-hybridized carbons (Fsp3) is 0.261. The van der Waals surface area contributed by atoms with Gasteiger partial charge in [0.2, 0.25) is 5.91 Å². The Morgan fingerprint density at radius 3 is 2.62 bits per heavy atom. The van der Waals surface area contributed by atoms with Crippen LogP contribution in [-0.2, 0) is 4.79 Å². The van der Waals surface area contributed by atoms with Gasteiger partial charge in [0, 0.05) is 22.7 Å². The van der Waals surface area contributed by atoms with E-state index in [1.54, 1.807) is 24.5 Å². The molecule has 2 amide bonds. The van der Waals surface area contributed by atoms with Crippen LogP contribution < -0.4 is 16.0 Å². The molecule has 0 fully saturated rings. The molecule has 0 bridgehead atoms. The third-order valence-electron chi connectivity index (χ3n) is 4.53. The molecule has 3 N–H and O–H groups in total. The van der Waals surface area contributed by atoms with Gasteiger partial charge < -0.3 is 16.0 Å². The van der Waals surface area contributed by atoms with Crippen molar-refractivity contribution in [2.45, 2.75) is 26.3 Å². The SMILES string of the molecule is CC(C)CC(NC(=O)c1ccc(-c2csc(Nc3cccnc3)n2)cc1)C(=O)NCC#N. The van der Waals surface area contributed by atoms with Crippen LogP contribution in [0.3, 0.4) is 0 Å². The van der Waals surface area contributed by atoms with Crippen molar-refractivity contribution in [3.8, 4) is 17.3 Å². The largest absolute Gasteiger partial charge is 0.341 e. The molecule has 3 rings (SSSR count). The van der Waals surface area contributed by atoms with Gasteiger partial charge in [-0.05, 0) is 36.6 Å². The minimum atomic E-state index is -0.699. The van der Waals surface area contributed by atoms with Gasteiger partial charge >= 0.3 is 0 Å². The third-order valence-corrected chi connectivity index (χ3v) is 5.29. The highest BCUT2D eigenvalue weighted by Crippen LogP contribution is 2.27. The summed E-state index contributed by atoms with van der Waals surface area (Å²) >= 11 is 1.48. The Labute approximate surface area is 190 Å². The Bertz CT molecular complexity index is 1090. The lowest BCUT2D eigenvalue weighted by molar-refractivity contribution is -0.123. The summed E-state index contributed by atoms with van der Waals surface area (Å²) in [6.45, 7) is 3.84. The molecule has 164 valence electrons. The van der Waals surface area contributed by atoms with Crippen LogP contribution in [0.15, 0.2) is 54.2 Å². The number of hydrogen-bond donors (Lipinski definition) is 3. The van der Waals surface area contributed by atoms with Crippen molar-refractivity contribution in [2.24, 2.45) is 5.92 Å². The van der Waals surface area contributed by atoms with Gasteiger partial charge in [-0.2, -0.15) is 5.26 Å². The summed E-state index contributed by atoms with van der Waals surface area (Å²) in [5, 5.41) is 19.8. The van der Waals surface area contributed by atoms with E-state index in [0.717, 1.165) is 22.1 Å². The number of aromatic nitrogens is 2. The van der Waals surface area contributed by atoms with Gasteiger partial charge in [0.25, 0.3) is 5.91 Å². The number of thiazole rings is 1. The van der Waals surface area contributed by atoms with Gasteiger partial charge in [-0.3, -0.25) is 14.6 Å². The smallest absolute Gasteiger partial charge is 0.251 e. The van der Waals surface area contributed by atoms with E-state index >= 15 is 0 Å². The predicted octanol–water partition coefficient (Wildman–Crippen LogP) is 3.73. The fourth-order valence-electron chi connectivity index (χ4n) is 3.01. The van der Waals surface area contributed by atoms with Crippen LogP contribution in [0, 0.1) is 17.2 Å². The van der Waals surface area contributed by atoms with Gasteiger partial charge in [0.1, 0.15) is 12.6 Å². The molecule has 0 aliphatic carbocycles. The number of carbonyl (C=O) groups is 2. The number of pyridine rings is 1. The normalized spacial score (nSPS) is 11.4. The molecule has 3 aromatic rings. The maximum absolute atomic E-state index is 12.7. The molecular formula is C23H24N6O2S. The van der Waals surface area contributed by atoms with E-state index < -0.39 is 6.04 Å². The fourth-order valence-corrected chi connectivity index (χ4v) is 3.75. The molecule has 1 atom stereocenters. The van der Waals surface area contributed by atoms with Gasteiger partial charge in [-0.25, -0.2) is 4.98 Å². The quantitative estimate of drug-likeness (QED) is 0.429. The highest BCUT2D eigenvalue weighted by Gasteiger charge is 2.22. The second-order valence-corrected chi connectivity index (χ2v) is 8.37. The molecule has 9 heteroatoms. The molecular weight excluding hydrogens is 424 g/mol. The zero-order valence-electron chi connectivity index (χ0n) is 17.8. The Hall–Kier alpha value is -3.77. The number of anilines is 2. The first-order valence-corrected chi connectivity index (χ1v) is 11.0. The Kier molecular flexibility index (Phi) is 7.89. The second-order valence-electron chi connectivity index (χ2n) is 7.51. The number of rotatable bonds is 9. The van der Waals surface area contributed by atoms with Crippen LogP contribution in [0.1, 0.15) is 30.6 Å². The molecule has 0 saturated heterocycles. The first-order chi connectivity index (χ1) is 15.5. The molecule has 0 spiro atoms. The molecule has 8 nitrogen and oxygen atoms in total. The molecule has 0 saturated carbocycles. The first kappa shape index (κ1) is 22.9. The zero-order valence-corrected chi connectivity index (χ0v) is 18.6. The van der Waals surface area contributed by atoms with Crippen LogP contribution in [0.4, 0.5) is 10.8 Å². The van der Waals surface area contributed by atoms with Gasteiger partial charge in [-0.1, -0.05) is 26.0 Å². The summed E-state index contributed by atoms with van der Waals surface area (Å²) < 4.78 is 0. The van der Waals surface area contributed by atoms with Crippen molar-refractivity contribution >= 4 is 34.0 Å². The number of nitriles is 1. The molecule has 0 aliphatic heterocycles. The number of benzene rings is 1. The molecule has 0 radical (unpaired) electrons. The van der Waals surface area contributed by atoms with Crippen molar-refractivity contribution in [1.29, 1.82) is 5.26 Å². The minimum absolute atomic E-state index is 0.0940. The molecule has 1 aromatic carbocycles. The summed E-state index contributed by atoms with van der Waals surface area (Å²) in [7, 11) is 0. The molecule has 1 unspecified atom stereocenters. The van der Waals surface area contributed by atoms with Crippen LogP contribution in [0.5, 0.6) is 0 Å². The van der Waals surface area contributed by atoms with Gasteiger partial charge in [-0.15, -0.1) is 11.3 Å². The number of hydrogen-bond acceptors (Lipinski definition) is 7. The number of nitrogens with one attached hydrogen (secondary N) is 3. The lowest BCUT2D eigenvalue weighted by Gasteiger charge is -2.19. The van der Waals surface area contributed by atoms with Crippen LogP contribution >= 0.6 is 11.3 Å². The average Bonchev–Trinajstić information content (AvgIpc) is 3.26. The van der Waals surface area contributed by atoms with Crippen molar-refractivity contribution in [1.82, 2.24) is 20.6 Å². The molecule has 2 heterocycles. The number of carbonyl (C=O) groups excluding carboxylic acids is 2. The number of amides is 2. The number of nitrogens with zero attached hydrogens (tertiary/aromatic N) is 3. The lowest BCUT2D eigenvalue weighted by atomic mass is 10.0. The van der Waals surface area contributed by atoms with E-state index in [0.29, 0.717) is 12.0 Å². The van der Waals surface area contributed by atoms with Crippen LogP contribution in [-0.4, -0.2) is 34.4 Å². The third kappa shape index (κ3) is 6.36. The summed E-state index contributed by atoms with van der Waals surface area (Å²) in [6.07, 6.45) is 3.91. The van der Waals surface area contributed by atoms with Crippen molar-refractivity contribution in [2.75, 3.05) is 11.9 Å². The highest BCUT2D eigenvalue weighted by atomic mass is 32.1. The predicted molar refractivity (Wildman–Crippen MR) is 124 cm³/mol. The van der Waals surface area contributed by atoms with Crippen LogP contribution in [0.25, 0.3) is 11.3 Å². The topological polar surface area (TPSA) is 120 Å². The summed E-state index contributed by atoms with van der Waals surface area (Å²) in [4.78, 5) is 33.6. The standard InChI is InChI=1S/C23H24N6O2S/c1-15(2)12-19(22(31)26-11-9-24)28-21(30)17-7-5-16(6-8-17)20-14-32-23(29-20)27-18-4-3-10-25-13-18/h3-8,10,13-15,19H,11-12H2,1-2H3,(H,26,31)(H,27,29)(H,28,30).